The summed E-state index contributed by atoms with van der Waals surface area (Å²) >= 11 is 5.27. The van der Waals surface area contributed by atoms with E-state index in [9.17, 15) is 0 Å². The van der Waals surface area contributed by atoms with Crippen LogP contribution < -0.4 is 16.0 Å². The maximum absolute atomic E-state index is 5.98. The number of fused-ring (bicyclic) bond motifs is 3. The highest BCUT2D eigenvalue weighted by Gasteiger charge is 2.25. The van der Waals surface area contributed by atoms with Crippen molar-refractivity contribution in [2.24, 2.45) is 0 Å². The van der Waals surface area contributed by atoms with E-state index in [0.29, 0.717) is 12.0 Å². The Morgan fingerprint density at radius 2 is 2.22 bits per heavy atom. The maximum atomic E-state index is 5.98. The fourth-order valence-electron chi connectivity index (χ4n) is 3.02. The number of aromatic nitrogens is 2. The first-order chi connectivity index (χ1) is 10.7. The third-order valence-electron chi connectivity index (χ3n) is 4.17. The number of anilines is 2. The molecule has 0 aliphatic carbocycles. The summed E-state index contributed by atoms with van der Waals surface area (Å²) in [6.07, 6.45) is 1.12. The van der Waals surface area contributed by atoms with E-state index in [1.54, 1.807) is 11.3 Å². The zero-order chi connectivity index (χ0) is 15.3. The minimum atomic E-state index is 0. The molecule has 23 heavy (non-hydrogen) atoms. The smallest absolute Gasteiger partial charge is 0.222 e. The van der Waals surface area contributed by atoms with Crippen LogP contribution in [-0.4, -0.2) is 36.1 Å². The summed E-state index contributed by atoms with van der Waals surface area (Å²) in [6, 6.07) is 6.78. The number of hydrogen-bond donors (Lipinski definition) is 2. The number of thiophene rings is 1. The van der Waals surface area contributed by atoms with Crippen molar-refractivity contribution in [2.45, 2.75) is 12.5 Å². The van der Waals surface area contributed by atoms with Crippen molar-refractivity contribution in [2.75, 3.05) is 30.8 Å². The van der Waals surface area contributed by atoms with Crippen LogP contribution in [0.4, 0.5) is 11.8 Å². The second-order valence-corrected chi connectivity index (χ2v) is 7.51. The normalized spacial score (nSPS) is 17.8. The highest BCUT2D eigenvalue weighted by molar-refractivity contribution is 9.10. The molecule has 0 bridgehead atoms. The van der Waals surface area contributed by atoms with Gasteiger partial charge < -0.3 is 16.0 Å². The molecule has 0 unspecified atom stereocenters. The van der Waals surface area contributed by atoms with Crippen LogP contribution in [0.3, 0.4) is 0 Å². The van der Waals surface area contributed by atoms with Crippen LogP contribution in [0.1, 0.15) is 6.42 Å². The number of halogens is 2. The summed E-state index contributed by atoms with van der Waals surface area (Å²) in [4.78, 5) is 11.3. The average Bonchev–Trinajstić information content (AvgIpc) is 3.11. The topological polar surface area (TPSA) is 67.1 Å². The third kappa shape index (κ3) is 2.87. The van der Waals surface area contributed by atoms with E-state index in [0.717, 1.165) is 45.4 Å². The fourth-order valence-corrected chi connectivity index (χ4v) is 4.52. The highest BCUT2D eigenvalue weighted by Crippen LogP contribution is 2.39. The Morgan fingerprint density at radius 3 is 2.96 bits per heavy atom. The van der Waals surface area contributed by atoms with E-state index in [4.69, 9.17) is 5.73 Å². The number of benzene rings is 1. The third-order valence-corrected chi connectivity index (χ3v) is 5.82. The molecule has 3 N–H and O–H groups in total. The van der Waals surface area contributed by atoms with Gasteiger partial charge in [-0.15, -0.1) is 23.7 Å². The van der Waals surface area contributed by atoms with Crippen molar-refractivity contribution >= 4 is 71.7 Å². The van der Waals surface area contributed by atoms with Crippen molar-refractivity contribution < 1.29 is 0 Å². The predicted molar refractivity (Wildman–Crippen MR) is 104 cm³/mol. The van der Waals surface area contributed by atoms with Crippen molar-refractivity contribution in [3.8, 4) is 0 Å². The van der Waals surface area contributed by atoms with Crippen molar-refractivity contribution in [1.29, 1.82) is 0 Å². The lowest BCUT2D eigenvalue weighted by Crippen LogP contribution is -2.30. The molecule has 2 aromatic heterocycles. The van der Waals surface area contributed by atoms with Gasteiger partial charge in [0.25, 0.3) is 0 Å². The standard InChI is InChI=1S/C15H16BrN5S.ClH/c1-18-9-4-5-21(7-9)14-13-12(19-15(17)20-14)10-6-8(16)2-3-11(10)22-13;/h2-3,6,9,18H,4-5,7H2,1H3,(H2,17,19,20);1H/t9-;/m1./s1. The Kier molecular flexibility index (Phi) is 4.64. The summed E-state index contributed by atoms with van der Waals surface area (Å²) in [6.45, 7) is 1.95. The minimum Gasteiger partial charge on any atom is -0.368 e. The molecule has 122 valence electrons. The number of nitrogens with zero attached hydrogens (tertiary/aromatic N) is 3. The zero-order valence-corrected chi connectivity index (χ0v) is 15.8. The van der Waals surface area contributed by atoms with Gasteiger partial charge >= 0.3 is 0 Å². The van der Waals surface area contributed by atoms with Crippen LogP contribution in [0.5, 0.6) is 0 Å². The number of nitrogens with one attached hydrogen (secondary N) is 1. The molecule has 3 heterocycles. The fraction of sp³-hybridized carbons (Fsp3) is 0.333. The Bertz CT molecular complexity index is 868. The lowest BCUT2D eigenvalue weighted by molar-refractivity contribution is 0.616. The van der Waals surface area contributed by atoms with Crippen LogP contribution in [0.15, 0.2) is 22.7 Å². The van der Waals surface area contributed by atoms with Gasteiger partial charge in [-0.2, -0.15) is 4.98 Å². The lowest BCUT2D eigenvalue weighted by atomic mass is 10.2. The van der Waals surface area contributed by atoms with Gasteiger partial charge in [0.05, 0.1) is 10.2 Å². The van der Waals surface area contributed by atoms with Crippen LogP contribution >= 0.6 is 39.7 Å². The zero-order valence-electron chi connectivity index (χ0n) is 12.5. The first-order valence-electron chi connectivity index (χ1n) is 7.23. The largest absolute Gasteiger partial charge is 0.368 e. The molecule has 5 nitrogen and oxygen atoms in total. The van der Waals surface area contributed by atoms with E-state index in [-0.39, 0.29) is 12.4 Å². The summed E-state index contributed by atoms with van der Waals surface area (Å²) in [5.41, 5.74) is 6.93. The van der Waals surface area contributed by atoms with Gasteiger partial charge in [0.1, 0.15) is 0 Å². The molecule has 0 saturated carbocycles. The van der Waals surface area contributed by atoms with Gasteiger partial charge in [0, 0.05) is 33.7 Å². The van der Waals surface area contributed by atoms with Crippen LogP contribution in [0.2, 0.25) is 0 Å². The van der Waals surface area contributed by atoms with Crippen LogP contribution in [0.25, 0.3) is 20.3 Å². The van der Waals surface area contributed by atoms with Crippen LogP contribution in [0, 0.1) is 0 Å². The highest BCUT2D eigenvalue weighted by atomic mass is 79.9. The second-order valence-electron chi connectivity index (χ2n) is 5.55. The molecule has 4 rings (SSSR count). The molecule has 1 aliphatic heterocycles. The monoisotopic (exact) mass is 413 g/mol. The second kappa shape index (κ2) is 6.39. The van der Waals surface area contributed by atoms with Crippen LogP contribution in [-0.2, 0) is 0 Å². The summed E-state index contributed by atoms with van der Waals surface area (Å²) in [5.74, 6) is 1.31. The van der Waals surface area contributed by atoms with Gasteiger partial charge in [-0.3, -0.25) is 0 Å². The van der Waals surface area contributed by atoms with Gasteiger partial charge in [-0.1, -0.05) is 15.9 Å². The molecular formula is C15H17BrClN5S. The van der Waals surface area contributed by atoms with Crippen molar-refractivity contribution in [3.05, 3.63) is 22.7 Å². The van der Waals surface area contributed by atoms with Gasteiger partial charge in [-0.25, -0.2) is 4.98 Å². The molecule has 8 heteroatoms. The first-order valence-corrected chi connectivity index (χ1v) is 8.84. The number of nitrogens with two attached hydrogens (primary N) is 1. The summed E-state index contributed by atoms with van der Waals surface area (Å²) < 4.78 is 3.39. The summed E-state index contributed by atoms with van der Waals surface area (Å²) in [7, 11) is 2.01. The number of rotatable bonds is 2. The van der Waals surface area contributed by atoms with Crippen molar-refractivity contribution in [1.82, 2.24) is 15.3 Å². The number of hydrogen-bond acceptors (Lipinski definition) is 6. The van der Waals surface area contributed by atoms with E-state index in [1.807, 2.05) is 7.05 Å². The Hall–Kier alpha value is -1.15. The minimum absolute atomic E-state index is 0. The van der Waals surface area contributed by atoms with Gasteiger partial charge in [0.2, 0.25) is 5.95 Å². The quantitative estimate of drug-likeness (QED) is 0.672. The van der Waals surface area contributed by atoms with Gasteiger partial charge in [0.15, 0.2) is 5.82 Å². The lowest BCUT2D eigenvalue weighted by Gasteiger charge is -2.18. The molecular weight excluding hydrogens is 398 g/mol. The number of likely N-dealkylation sites (N-methyl/N-ethyl adjacent to an activating group) is 1. The maximum Gasteiger partial charge on any atom is 0.222 e. The molecule has 1 fully saturated rings. The average molecular weight is 415 g/mol. The Morgan fingerprint density at radius 1 is 1.39 bits per heavy atom. The molecule has 3 aromatic rings. The molecule has 1 atom stereocenters. The molecule has 0 radical (unpaired) electrons. The van der Waals surface area contributed by atoms with E-state index >= 15 is 0 Å². The van der Waals surface area contributed by atoms with E-state index in [1.165, 1.54) is 4.70 Å². The summed E-state index contributed by atoms with van der Waals surface area (Å²) in [5, 5.41) is 4.47. The predicted octanol–water partition coefficient (Wildman–Crippen LogP) is 3.41. The molecule has 1 aromatic carbocycles. The molecule has 0 amide bonds. The molecule has 1 saturated heterocycles. The Labute approximate surface area is 152 Å². The van der Waals surface area contributed by atoms with E-state index in [2.05, 4.69) is 54.3 Å². The SMILES string of the molecule is CN[C@@H]1CCN(c2nc(N)nc3c2sc2ccc(Br)cc23)C1.Cl. The van der Waals surface area contributed by atoms with Crippen molar-refractivity contribution in [3.63, 3.8) is 0 Å². The van der Waals surface area contributed by atoms with Gasteiger partial charge in [-0.05, 0) is 31.7 Å². The molecule has 1 aliphatic rings. The Balaban J connectivity index is 0.00000156. The molecule has 0 spiro atoms. The number of nitrogen functional groups attached to an aromatic ring is 1. The van der Waals surface area contributed by atoms with E-state index < -0.39 is 0 Å². The first kappa shape index (κ1) is 16.7.